The summed E-state index contributed by atoms with van der Waals surface area (Å²) >= 11 is 0. The van der Waals surface area contributed by atoms with Gasteiger partial charge in [0, 0.05) is 5.41 Å². The summed E-state index contributed by atoms with van der Waals surface area (Å²) in [5.41, 5.74) is -0.720. The maximum absolute atomic E-state index is 12.5. The molecule has 5 aliphatic carbocycles. The Balaban J connectivity index is 0.947. The maximum atomic E-state index is 12.5. The number of aliphatic carboxylic acids is 1. The Morgan fingerprint density at radius 1 is 0.627 bits per heavy atom. The van der Waals surface area contributed by atoms with E-state index in [4.69, 9.17) is 37.9 Å². The fourth-order valence-electron chi connectivity index (χ4n) is 16.3. The van der Waals surface area contributed by atoms with Gasteiger partial charge in [-0.15, -0.1) is 0 Å². The third kappa shape index (κ3) is 9.40. The summed E-state index contributed by atoms with van der Waals surface area (Å²) in [5.74, 6) is -1.30. The van der Waals surface area contributed by atoms with E-state index in [0.717, 1.165) is 38.5 Å². The number of hydrogen-bond acceptors (Lipinski definition) is 21. The van der Waals surface area contributed by atoms with E-state index in [1.807, 2.05) is 6.92 Å². The van der Waals surface area contributed by atoms with Crippen molar-refractivity contribution in [3.63, 3.8) is 0 Å². The molecule has 29 atom stereocenters. The Labute approximate surface area is 437 Å². The number of aliphatic hydroxyl groups excluding tert-OH is 12. The van der Waals surface area contributed by atoms with E-state index < -0.39 is 147 Å². The molecule has 4 heterocycles. The highest BCUT2D eigenvalue weighted by Gasteiger charge is 2.70. The largest absolute Gasteiger partial charge is 0.479 e. The lowest BCUT2D eigenvalue weighted by atomic mass is 9.33. The van der Waals surface area contributed by atoms with Gasteiger partial charge in [-0.2, -0.15) is 0 Å². The van der Waals surface area contributed by atoms with Crippen molar-refractivity contribution < 1.29 is 109 Å². The summed E-state index contributed by atoms with van der Waals surface area (Å²) in [4.78, 5) is 12.5. The van der Waals surface area contributed by atoms with Crippen LogP contribution in [-0.2, 0) is 42.7 Å². The Bertz CT molecular complexity index is 2080. The normalized spacial score (nSPS) is 55.9. The Morgan fingerprint density at radius 2 is 1.25 bits per heavy atom. The van der Waals surface area contributed by atoms with E-state index in [2.05, 4.69) is 47.6 Å². The smallest absolute Gasteiger partial charge is 0.335 e. The van der Waals surface area contributed by atoms with Crippen LogP contribution >= 0.6 is 0 Å². The van der Waals surface area contributed by atoms with Crippen LogP contribution in [-0.4, -0.2) is 221 Å². The predicted molar refractivity (Wildman–Crippen MR) is 257 cm³/mol. The lowest BCUT2D eigenvalue weighted by Crippen LogP contribution is -2.68. The molecule has 4 aliphatic heterocycles. The highest BCUT2D eigenvalue weighted by Crippen LogP contribution is 2.76. The number of carbonyl (C=O) groups is 1. The second kappa shape index (κ2) is 20.7. The molecule has 9 aliphatic rings. The monoisotopic (exact) mass is 1070 g/mol. The van der Waals surface area contributed by atoms with E-state index in [9.17, 15) is 71.2 Å². The maximum Gasteiger partial charge on any atom is 0.335 e. The second-order valence-electron chi connectivity index (χ2n) is 25.9. The molecule has 0 spiro atoms. The first-order chi connectivity index (χ1) is 35.0. The van der Waals surface area contributed by atoms with Crippen LogP contribution in [0.4, 0.5) is 0 Å². The standard InChI is InChI=1S/C53H86O22/c1-22-31(57)34(60)38(64)44(69-22)74-41-32(58)25(56)20-68-46(41)75-42-37(63)36(62)40(43(66)67)73-47(42)71-29-12-13-50(5)27(51(29,6)21-55)11-14-53(8)28(50)10-9-23-24-17-48(2,3)30(18-49(24,4)15-16-52(23,53)7)72-45-39(65)35(61)33(59)26(19-54)70-45/h9,22,24-42,44-47,54-65H,10-21H2,1-8H3,(H,66,67). The Kier molecular flexibility index (Phi) is 16.1. The zero-order valence-electron chi connectivity index (χ0n) is 44.4. The number of carboxylic acid groups (broad SMARTS) is 1. The van der Waals surface area contributed by atoms with Crippen LogP contribution in [0.25, 0.3) is 0 Å². The van der Waals surface area contributed by atoms with Crippen molar-refractivity contribution in [3.8, 4) is 0 Å². The molecule has 0 aromatic heterocycles. The zero-order valence-corrected chi connectivity index (χ0v) is 44.4. The van der Waals surface area contributed by atoms with Crippen LogP contribution in [0, 0.1) is 50.2 Å². The fourth-order valence-corrected chi connectivity index (χ4v) is 16.3. The molecule has 0 aromatic carbocycles. The predicted octanol–water partition coefficient (Wildman–Crippen LogP) is -0.832. The topological polar surface area (TPSA) is 354 Å². The third-order valence-electron chi connectivity index (χ3n) is 21.3. The van der Waals surface area contributed by atoms with Crippen molar-refractivity contribution in [2.75, 3.05) is 19.8 Å². The molecular weight excluding hydrogens is 989 g/mol. The van der Waals surface area contributed by atoms with E-state index in [1.165, 1.54) is 12.5 Å². The van der Waals surface area contributed by atoms with Crippen LogP contribution in [0.2, 0.25) is 0 Å². The number of ether oxygens (including phenoxy) is 8. The van der Waals surface area contributed by atoms with Crippen LogP contribution in [0.5, 0.6) is 0 Å². The Morgan fingerprint density at radius 3 is 1.91 bits per heavy atom. The fraction of sp³-hybridized carbons (Fsp3) is 0.943. The molecule has 13 N–H and O–H groups in total. The van der Waals surface area contributed by atoms with Gasteiger partial charge in [0.15, 0.2) is 31.3 Å². The summed E-state index contributed by atoms with van der Waals surface area (Å²) in [7, 11) is 0. The average molecular weight is 1080 g/mol. The molecule has 75 heavy (non-hydrogen) atoms. The summed E-state index contributed by atoms with van der Waals surface area (Å²) < 4.78 is 48.5. The molecular formula is C53H86O22. The van der Waals surface area contributed by atoms with Crippen LogP contribution < -0.4 is 0 Å². The van der Waals surface area contributed by atoms with Gasteiger partial charge in [0.05, 0.1) is 38.1 Å². The molecule has 4 saturated heterocycles. The molecule has 29 unspecified atom stereocenters. The van der Waals surface area contributed by atoms with Crippen molar-refractivity contribution in [3.05, 3.63) is 11.6 Å². The van der Waals surface area contributed by atoms with Crippen LogP contribution in [0.15, 0.2) is 11.6 Å². The van der Waals surface area contributed by atoms with Gasteiger partial charge in [-0.1, -0.05) is 60.1 Å². The minimum absolute atomic E-state index is 0.115. The molecule has 0 radical (unpaired) electrons. The Hall–Kier alpha value is -1.59. The van der Waals surface area contributed by atoms with Gasteiger partial charge in [-0.3, -0.25) is 0 Å². The van der Waals surface area contributed by atoms with Gasteiger partial charge < -0.3 is 104 Å². The molecule has 430 valence electrons. The van der Waals surface area contributed by atoms with Crippen molar-refractivity contribution in [1.82, 2.24) is 0 Å². The number of rotatable bonds is 11. The minimum atomic E-state index is -2.05. The first-order valence-electron chi connectivity index (χ1n) is 27.2. The van der Waals surface area contributed by atoms with Gasteiger partial charge in [0.25, 0.3) is 0 Å². The van der Waals surface area contributed by atoms with Gasteiger partial charge in [-0.05, 0) is 110 Å². The lowest BCUT2D eigenvalue weighted by Gasteiger charge is -2.72. The molecule has 22 nitrogen and oxygen atoms in total. The van der Waals surface area contributed by atoms with E-state index >= 15 is 0 Å². The minimum Gasteiger partial charge on any atom is -0.479 e. The molecule has 22 heteroatoms. The first kappa shape index (κ1) is 58.1. The zero-order chi connectivity index (χ0) is 54.9. The lowest BCUT2D eigenvalue weighted by molar-refractivity contribution is -0.387. The molecule has 0 aromatic rings. The average Bonchev–Trinajstić information content (AvgIpc) is 3.35. The SMILES string of the molecule is CC1OC(OC2C(OC3C(OC4CCC5(C)C(CCC6(C)C5CC=C5C7CC(C)(C)C(OC8OC(CO)C(O)C(O)C8O)CC7(C)CCC56C)C4(C)CO)OC(C(=O)O)C(O)C3O)OCC(O)C2O)C(O)C(O)C1O. The van der Waals surface area contributed by atoms with E-state index in [0.29, 0.717) is 19.3 Å². The first-order valence-corrected chi connectivity index (χ1v) is 27.2. The summed E-state index contributed by atoms with van der Waals surface area (Å²) in [6, 6.07) is 0. The quantitative estimate of drug-likeness (QED) is 0.0887. The number of aliphatic hydroxyl groups is 12. The van der Waals surface area contributed by atoms with Gasteiger partial charge in [0.2, 0.25) is 0 Å². The van der Waals surface area contributed by atoms with Gasteiger partial charge in [0.1, 0.15) is 79.4 Å². The summed E-state index contributed by atoms with van der Waals surface area (Å²) in [5, 5.41) is 140. The molecule has 0 bridgehead atoms. The highest BCUT2D eigenvalue weighted by molar-refractivity contribution is 5.73. The van der Waals surface area contributed by atoms with Crippen molar-refractivity contribution in [2.24, 2.45) is 50.2 Å². The molecule has 8 fully saturated rings. The molecule has 0 amide bonds. The second-order valence-corrected chi connectivity index (χ2v) is 25.9. The van der Waals surface area contributed by atoms with Crippen molar-refractivity contribution in [2.45, 2.75) is 242 Å². The van der Waals surface area contributed by atoms with Crippen molar-refractivity contribution >= 4 is 5.97 Å². The number of carboxylic acids is 1. The third-order valence-corrected chi connectivity index (χ3v) is 21.3. The number of fused-ring (bicyclic) bond motifs is 7. The number of hydrogen-bond donors (Lipinski definition) is 13. The summed E-state index contributed by atoms with van der Waals surface area (Å²) in [6.45, 7) is 15.8. The van der Waals surface area contributed by atoms with E-state index in [1.54, 1.807) is 0 Å². The van der Waals surface area contributed by atoms with Crippen molar-refractivity contribution in [1.29, 1.82) is 0 Å². The molecule has 9 rings (SSSR count). The molecule has 4 saturated carbocycles. The summed E-state index contributed by atoms with van der Waals surface area (Å²) in [6.07, 6.45) is -22.7. The van der Waals surface area contributed by atoms with E-state index in [-0.39, 0.29) is 57.5 Å². The van der Waals surface area contributed by atoms with Gasteiger partial charge >= 0.3 is 5.97 Å². The highest BCUT2D eigenvalue weighted by atomic mass is 16.8. The number of allylic oxidation sites excluding steroid dienone is 2. The van der Waals surface area contributed by atoms with Crippen LogP contribution in [0.3, 0.4) is 0 Å². The van der Waals surface area contributed by atoms with Crippen LogP contribution in [0.1, 0.15) is 113 Å². The van der Waals surface area contributed by atoms with Gasteiger partial charge in [-0.25, -0.2) is 4.79 Å².